The second-order valence-corrected chi connectivity index (χ2v) is 5.98. The summed E-state index contributed by atoms with van der Waals surface area (Å²) in [5, 5.41) is 3.97. The molecule has 3 rings (SSSR count). The van der Waals surface area contributed by atoms with E-state index in [4.69, 9.17) is 9.26 Å². The van der Waals surface area contributed by atoms with Crippen LogP contribution in [-0.2, 0) is 17.8 Å². The molecule has 1 heterocycles. The van der Waals surface area contributed by atoms with Gasteiger partial charge in [0, 0.05) is 19.0 Å². The molecule has 0 fully saturated rings. The summed E-state index contributed by atoms with van der Waals surface area (Å²) in [5.41, 5.74) is 1.98. The minimum atomic E-state index is 0.0280. The van der Waals surface area contributed by atoms with E-state index in [0.29, 0.717) is 31.1 Å². The first-order valence-corrected chi connectivity index (χ1v) is 8.40. The van der Waals surface area contributed by atoms with Gasteiger partial charge in [0.25, 0.3) is 0 Å². The number of hydrogen-bond acceptors (Lipinski definition) is 5. The Morgan fingerprint density at radius 3 is 2.54 bits per heavy atom. The number of aromatic nitrogens is 2. The topological polar surface area (TPSA) is 68.5 Å². The lowest BCUT2D eigenvalue weighted by molar-refractivity contribution is -0.130. The molecule has 2 aromatic carbocycles. The molecule has 0 aliphatic carbocycles. The lowest BCUT2D eigenvalue weighted by Gasteiger charge is -2.14. The van der Waals surface area contributed by atoms with Crippen LogP contribution in [0, 0.1) is 0 Å². The van der Waals surface area contributed by atoms with Gasteiger partial charge in [-0.2, -0.15) is 4.98 Å². The van der Waals surface area contributed by atoms with Crippen LogP contribution >= 0.6 is 0 Å². The van der Waals surface area contributed by atoms with Crippen LogP contribution in [0.2, 0.25) is 0 Å². The zero-order valence-corrected chi connectivity index (χ0v) is 14.9. The highest BCUT2D eigenvalue weighted by atomic mass is 16.5. The lowest BCUT2D eigenvalue weighted by Crippen LogP contribution is -2.26. The number of carbonyl (C=O) groups is 1. The van der Waals surface area contributed by atoms with Crippen molar-refractivity contribution in [1.82, 2.24) is 15.0 Å². The van der Waals surface area contributed by atoms with Crippen LogP contribution in [0.25, 0.3) is 11.4 Å². The zero-order chi connectivity index (χ0) is 18.4. The Morgan fingerprint density at radius 1 is 1.12 bits per heavy atom. The van der Waals surface area contributed by atoms with Crippen LogP contribution in [-0.4, -0.2) is 35.1 Å². The normalized spacial score (nSPS) is 10.5. The summed E-state index contributed by atoms with van der Waals surface area (Å²) in [6.45, 7) is 0.293. The molecule has 0 bridgehead atoms. The van der Waals surface area contributed by atoms with Gasteiger partial charge in [-0.25, -0.2) is 0 Å². The first-order valence-electron chi connectivity index (χ1n) is 8.40. The van der Waals surface area contributed by atoms with E-state index in [9.17, 15) is 4.79 Å². The number of nitrogens with zero attached hydrogens (tertiary/aromatic N) is 3. The molecule has 0 saturated heterocycles. The summed E-state index contributed by atoms with van der Waals surface area (Å²) in [4.78, 5) is 18.3. The third-order valence-electron chi connectivity index (χ3n) is 4.08. The van der Waals surface area contributed by atoms with Crippen molar-refractivity contribution in [2.45, 2.75) is 19.4 Å². The SMILES string of the molecule is COc1ccc(CCC(=O)N(C)Cc2nc(-c3ccccc3)no2)cc1. The predicted octanol–water partition coefficient (Wildman–Crippen LogP) is 3.34. The smallest absolute Gasteiger partial charge is 0.246 e. The van der Waals surface area contributed by atoms with E-state index in [1.165, 1.54) is 0 Å². The van der Waals surface area contributed by atoms with Gasteiger partial charge in [-0.15, -0.1) is 0 Å². The molecule has 0 unspecified atom stereocenters. The molecule has 6 heteroatoms. The number of hydrogen-bond donors (Lipinski definition) is 0. The fourth-order valence-corrected chi connectivity index (χ4v) is 2.55. The Hall–Kier alpha value is -3.15. The van der Waals surface area contributed by atoms with Crippen LogP contribution in [0.4, 0.5) is 0 Å². The summed E-state index contributed by atoms with van der Waals surface area (Å²) >= 11 is 0. The third-order valence-corrected chi connectivity index (χ3v) is 4.08. The van der Waals surface area contributed by atoms with E-state index in [-0.39, 0.29) is 5.91 Å². The van der Waals surface area contributed by atoms with E-state index < -0.39 is 0 Å². The standard InChI is InChI=1S/C20H21N3O3/c1-23(19(24)13-10-15-8-11-17(25-2)12-9-15)14-18-21-20(22-26-18)16-6-4-3-5-7-16/h3-9,11-12H,10,13-14H2,1-2H3. The van der Waals surface area contributed by atoms with E-state index in [1.54, 1.807) is 19.1 Å². The summed E-state index contributed by atoms with van der Waals surface area (Å²) < 4.78 is 10.4. The van der Waals surface area contributed by atoms with Gasteiger partial charge in [-0.05, 0) is 24.1 Å². The van der Waals surface area contributed by atoms with Crippen LogP contribution < -0.4 is 4.74 Å². The Kier molecular flexibility index (Phi) is 5.63. The quantitative estimate of drug-likeness (QED) is 0.653. The van der Waals surface area contributed by atoms with Gasteiger partial charge in [0.1, 0.15) is 5.75 Å². The number of carbonyl (C=O) groups excluding carboxylic acids is 1. The van der Waals surface area contributed by atoms with E-state index in [0.717, 1.165) is 16.9 Å². The molecule has 0 aliphatic rings. The second kappa shape index (κ2) is 8.29. The van der Waals surface area contributed by atoms with E-state index >= 15 is 0 Å². The summed E-state index contributed by atoms with van der Waals surface area (Å²) in [6, 6.07) is 17.3. The average Bonchev–Trinajstić information content (AvgIpc) is 3.15. The minimum absolute atomic E-state index is 0.0280. The highest BCUT2D eigenvalue weighted by Gasteiger charge is 2.14. The molecule has 1 aromatic heterocycles. The van der Waals surface area contributed by atoms with Crippen LogP contribution in [0.15, 0.2) is 59.1 Å². The third kappa shape index (κ3) is 4.47. The lowest BCUT2D eigenvalue weighted by atomic mass is 10.1. The second-order valence-electron chi connectivity index (χ2n) is 5.98. The van der Waals surface area contributed by atoms with Crippen molar-refractivity contribution < 1.29 is 14.1 Å². The molecule has 0 spiro atoms. The van der Waals surface area contributed by atoms with Crippen molar-refractivity contribution in [3.05, 3.63) is 66.1 Å². The Balaban J connectivity index is 1.53. The van der Waals surface area contributed by atoms with Crippen molar-refractivity contribution in [2.24, 2.45) is 0 Å². The Morgan fingerprint density at radius 2 is 1.85 bits per heavy atom. The maximum Gasteiger partial charge on any atom is 0.246 e. The maximum atomic E-state index is 12.3. The Bertz CT molecular complexity index is 844. The van der Waals surface area contributed by atoms with Gasteiger partial charge in [-0.3, -0.25) is 4.79 Å². The number of benzene rings is 2. The highest BCUT2D eigenvalue weighted by molar-refractivity contribution is 5.76. The Labute approximate surface area is 152 Å². The maximum absolute atomic E-state index is 12.3. The average molecular weight is 351 g/mol. The monoisotopic (exact) mass is 351 g/mol. The molecule has 0 atom stereocenters. The predicted molar refractivity (Wildman–Crippen MR) is 97.5 cm³/mol. The molecule has 3 aromatic rings. The van der Waals surface area contributed by atoms with E-state index in [1.807, 2.05) is 54.6 Å². The fourth-order valence-electron chi connectivity index (χ4n) is 2.55. The van der Waals surface area contributed by atoms with Crippen molar-refractivity contribution in [2.75, 3.05) is 14.2 Å². The van der Waals surface area contributed by atoms with Crippen molar-refractivity contribution >= 4 is 5.91 Å². The molecule has 0 aliphatic heterocycles. The number of aryl methyl sites for hydroxylation is 1. The van der Waals surface area contributed by atoms with E-state index in [2.05, 4.69) is 10.1 Å². The summed E-state index contributed by atoms with van der Waals surface area (Å²) in [7, 11) is 3.37. The van der Waals surface area contributed by atoms with Crippen LogP contribution in [0.5, 0.6) is 5.75 Å². The molecule has 0 N–H and O–H groups in total. The van der Waals surface area contributed by atoms with Gasteiger partial charge in [0.15, 0.2) is 0 Å². The van der Waals surface area contributed by atoms with Gasteiger partial charge < -0.3 is 14.2 Å². The van der Waals surface area contributed by atoms with Crippen molar-refractivity contribution in [1.29, 1.82) is 0 Å². The van der Waals surface area contributed by atoms with Crippen LogP contribution in [0.1, 0.15) is 17.9 Å². The number of ether oxygens (including phenoxy) is 1. The number of amides is 1. The van der Waals surface area contributed by atoms with Gasteiger partial charge >= 0.3 is 0 Å². The summed E-state index contributed by atoms with van der Waals surface area (Å²) in [5.74, 6) is 1.78. The molecular formula is C20H21N3O3. The van der Waals surface area contributed by atoms with Gasteiger partial charge in [0.2, 0.25) is 17.6 Å². The largest absolute Gasteiger partial charge is 0.497 e. The van der Waals surface area contributed by atoms with Crippen molar-refractivity contribution in [3.8, 4) is 17.1 Å². The first kappa shape index (κ1) is 17.7. The minimum Gasteiger partial charge on any atom is -0.497 e. The zero-order valence-electron chi connectivity index (χ0n) is 14.9. The molecule has 0 radical (unpaired) electrons. The molecule has 6 nitrogen and oxygen atoms in total. The summed E-state index contributed by atoms with van der Waals surface area (Å²) in [6.07, 6.45) is 1.09. The molecular weight excluding hydrogens is 330 g/mol. The number of rotatable bonds is 7. The van der Waals surface area contributed by atoms with Gasteiger partial charge in [-0.1, -0.05) is 47.6 Å². The molecule has 1 amide bonds. The fraction of sp³-hybridized carbons (Fsp3) is 0.250. The van der Waals surface area contributed by atoms with Crippen molar-refractivity contribution in [3.63, 3.8) is 0 Å². The molecule has 0 saturated carbocycles. The molecule has 134 valence electrons. The molecule has 26 heavy (non-hydrogen) atoms. The number of methoxy groups -OCH3 is 1. The highest BCUT2D eigenvalue weighted by Crippen LogP contribution is 2.16. The van der Waals surface area contributed by atoms with Crippen LogP contribution in [0.3, 0.4) is 0 Å². The first-order chi connectivity index (χ1) is 12.7. The van der Waals surface area contributed by atoms with Gasteiger partial charge in [0.05, 0.1) is 13.7 Å².